The normalized spacial score (nSPS) is 9.62. The molecule has 114 valence electrons. The van der Waals surface area contributed by atoms with E-state index >= 15 is 0 Å². The van der Waals surface area contributed by atoms with Crippen molar-refractivity contribution in [1.29, 1.82) is 0 Å². The molecule has 0 heterocycles. The van der Waals surface area contributed by atoms with Gasteiger partial charge in [0.15, 0.2) is 0 Å². The van der Waals surface area contributed by atoms with E-state index in [9.17, 15) is 14.4 Å². The van der Waals surface area contributed by atoms with E-state index in [1.807, 2.05) is 18.2 Å². The fraction of sp³-hybridized carbons (Fsp3) is 0.357. The van der Waals surface area contributed by atoms with Crippen LogP contribution in [0.5, 0.6) is 0 Å². The minimum Gasteiger partial charge on any atom is -0.468 e. The largest absolute Gasteiger partial charge is 0.468 e. The molecule has 7 nitrogen and oxygen atoms in total. The first kappa shape index (κ1) is 16.5. The molecular formula is C14H17NO6. The van der Waals surface area contributed by atoms with E-state index in [1.54, 1.807) is 12.1 Å². The van der Waals surface area contributed by atoms with Gasteiger partial charge in [-0.05, 0) is 5.56 Å². The van der Waals surface area contributed by atoms with Crippen molar-refractivity contribution < 1.29 is 28.6 Å². The summed E-state index contributed by atoms with van der Waals surface area (Å²) in [6.45, 7) is -0.739. The summed E-state index contributed by atoms with van der Waals surface area (Å²) in [6, 6.07) is 9.04. The zero-order valence-corrected chi connectivity index (χ0v) is 11.9. The molecule has 0 aliphatic heterocycles. The summed E-state index contributed by atoms with van der Waals surface area (Å²) in [5.41, 5.74) is 0.793. The van der Waals surface area contributed by atoms with E-state index in [2.05, 4.69) is 9.47 Å². The highest BCUT2D eigenvalue weighted by molar-refractivity contribution is 5.82. The summed E-state index contributed by atoms with van der Waals surface area (Å²) in [4.78, 5) is 35.3. The molecule has 0 saturated carbocycles. The lowest BCUT2D eigenvalue weighted by Gasteiger charge is -2.19. The predicted molar refractivity (Wildman–Crippen MR) is 72.2 cm³/mol. The van der Waals surface area contributed by atoms with Gasteiger partial charge >= 0.3 is 18.0 Å². The van der Waals surface area contributed by atoms with Crippen molar-refractivity contribution in [3.8, 4) is 0 Å². The van der Waals surface area contributed by atoms with Gasteiger partial charge in [0.05, 0.1) is 14.2 Å². The maximum Gasteiger partial charge on any atom is 0.411 e. The van der Waals surface area contributed by atoms with Crippen LogP contribution in [-0.4, -0.2) is 50.2 Å². The third-order valence-electron chi connectivity index (χ3n) is 2.56. The maximum atomic E-state index is 11.9. The molecule has 0 fully saturated rings. The van der Waals surface area contributed by atoms with Crippen molar-refractivity contribution in [2.75, 3.05) is 27.3 Å². The molecule has 1 rings (SSSR count). The first-order valence-corrected chi connectivity index (χ1v) is 6.16. The molecule has 0 aliphatic carbocycles. The van der Waals surface area contributed by atoms with Crippen LogP contribution in [0.2, 0.25) is 0 Å². The Hall–Kier alpha value is -2.57. The molecule has 0 N–H and O–H groups in total. The average Bonchev–Trinajstić information content (AvgIpc) is 2.52. The molecule has 0 spiro atoms. The number of rotatable bonds is 6. The number of hydrogen-bond acceptors (Lipinski definition) is 6. The van der Waals surface area contributed by atoms with Crippen LogP contribution in [-0.2, 0) is 30.4 Å². The Morgan fingerprint density at radius 1 is 0.952 bits per heavy atom. The number of hydrogen-bond donors (Lipinski definition) is 0. The summed E-state index contributed by atoms with van der Waals surface area (Å²) < 4.78 is 14.0. The third-order valence-corrected chi connectivity index (χ3v) is 2.56. The van der Waals surface area contributed by atoms with E-state index < -0.39 is 18.0 Å². The van der Waals surface area contributed by atoms with Crippen LogP contribution < -0.4 is 0 Å². The zero-order valence-electron chi connectivity index (χ0n) is 11.9. The van der Waals surface area contributed by atoms with E-state index in [4.69, 9.17) is 4.74 Å². The van der Waals surface area contributed by atoms with Crippen LogP contribution in [0.4, 0.5) is 4.79 Å². The second-order valence-corrected chi connectivity index (χ2v) is 4.05. The van der Waals surface area contributed by atoms with Crippen LogP contribution in [0.1, 0.15) is 5.56 Å². The van der Waals surface area contributed by atoms with Gasteiger partial charge in [0.1, 0.15) is 19.7 Å². The highest BCUT2D eigenvalue weighted by Gasteiger charge is 2.22. The Kier molecular flexibility index (Phi) is 6.73. The Labute approximate surface area is 122 Å². The van der Waals surface area contributed by atoms with E-state index in [0.717, 1.165) is 10.5 Å². The summed E-state index contributed by atoms with van der Waals surface area (Å²) in [5.74, 6) is -1.31. The quantitative estimate of drug-likeness (QED) is 0.574. The summed E-state index contributed by atoms with van der Waals surface area (Å²) in [6.07, 6.45) is -0.797. The van der Waals surface area contributed by atoms with Crippen molar-refractivity contribution in [3.63, 3.8) is 0 Å². The predicted octanol–water partition coefficient (Wildman–Crippen LogP) is 0.971. The summed E-state index contributed by atoms with van der Waals surface area (Å²) >= 11 is 0. The monoisotopic (exact) mass is 295 g/mol. The van der Waals surface area contributed by atoms with Crippen LogP contribution >= 0.6 is 0 Å². The van der Waals surface area contributed by atoms with Crippen molar-refractivity contribution in [2.24, 2.45) is 0 Å². The molecule has 0 aliphatic rings. The van der Waals surface area contributed by atoms with Gasteiger partial charge in [0.2, 0.25) is 0 Å². The molecule has 1 aromatic rings. The molecule has 0 unspecified atom stereocenters. The van der Waals surface area contributed by atoms with Crippen LogP contribution in [0.3, 0.4) is 0 Å². The molecule has 21 heavy (non-hydrogen) atoms. The minimum atomic E-state index is -0.797. The molecular weight excluding hydrogens is 278 g/mol. The van der Waals surface area contributed by atoms with Crippen LogP contribution in [0, 0.1) is 0 Å². The van der Waals surface area contributed by atoms with Gasteiger partial charge in [-0.3, -0.25) is 14.5 Å². The Morgan fingerprint density at radius 3 is 1.95 bits per heavy atom. The van der Waals surface area contributed by atoms with Gasteiger partial charge in [0.25, 0.3) is 0 Å². The number of methoxy groups -OCH3 is 2. The number of nitrogens with zero attached hydrogens (tertiary/aromatic N) is 1. The number of esters is 2. The molecule has 7 heteroatoms. The SMILES string of the molecule is COC(=O)CN(CC(=O)OC)C(=O)OCc1ccccc1. The topological polar surface area (TPSA) is 82.1 Å². The first-order valence-electron chi connectivity index (χ1n) is 6.16. The smallest absolute Gasteiger partial charge is 0.411 e. The Morgan fingerprint density at radius 2 is 1.48 bits per heavy atom. The number of amides is 1. The lowest BCUT2D eigenvalue weighted by molar-refractivity contribution is -0.145. The summed E-state index contributed by atoms with van der Waals surface area (Å²) in [5, 5.41) is 0. The Bertz CT molecular complexity index is 469. The van der Waals surface area contributed by atoms with Gasteiger partial charge in [-0.2, -0.15) is 0 Å². The van der Waals surface area contributed by atoms with Crippen molar-refractivity contribution in [2.45, 2.75) is 6.61 Å². The maximum absolute atomic E-state index is 11.9. The number of ether oxygens (including phenoxy) is 3. The molecule has 1 aromatic carbocycles. The van der Waals surface area contributed by atoms with E-state index in [-0.39, 0.29) is 19.7 Å². The zero-order chi connectivity index (χ0) is 15.7. The van der Waals surface area contributed by atoms with Crippen LogP contribution in [0.15, 0.2) is 30.3 Å². The second-order valence-electron chi connectivity index (χ2n) is 4.05. The van der Waals surface area contributed by atoms with Crippen molar-refractivity contribution in [3.05, 3.63) is 35.9 Å². The fourth-order valence-electron chi connectivity index (χ4n) is 1.44. The average molecular weight is 295 g/mol. The Balaban J connectivity index is 2.61. The molecule has 0 aromatic heterocycles. The van der Waals surface area contributed by atoms with E-state index in [0.29, 0.717) is 0 Å². The van der Waals surface area contributed by atoms with E-state index in [1.165, 1.54) is 14.2 Å². The number of benzene rings is 1. The standard InChI is InChI=1S/C14H17NO6/c1-19-12(16)8-15(9-13(17)20-2)14(18)21-10-11-6-4-3-5-7-11/h3-7H,8-10H2,1-2H3. The lowest BCUT2D eigenvalue weighted by Crippen LogP contribution is -2.40. The first-order chi connectivity index (χ1) is 10.1. The third kappa shape index (κ3) is 5.94. The van der Waals surface area contributed by atoms with Gasteiger partial charge in [-0.1, -0.05) is 30.3 Å². The van der Waals surface area contributed by atoms with Gasteiger partial charge in [-0.15, -0.1) is 0 Å². The van der Waals surface area contributed by atoms with Crippen molar-refractivity contribution in [1.82, 2.24) is 4.90 Å². The summed E-state index contributed by atoms with van der Waals surface area (Å²) in [7, 11) is 2.38. The molecule has 0 atom stereocenters. The highest BCUT2D eigenvalue weighted by Crippen LogP contribution is 2.04. The number of carbonyl (C=O) groups is 3. The lowest BCUT2D eigenvalue weighted by atomic mass is 10.2. The van der Waals surface area contributed by atoms with Gasteiger partial charge in [-0.25, -0.2) is 4.79 Å². The second kappa shape index (κ2) is 8.57. The molecule has 1 amide bonds. The highest BCUT2D eigenvalue weighted by atomic mass is 16.6. The van der Waals surface area contributed by atoms with Crippen LogP contribution in [0.25, 0.3) is 0 Å². The number of carbonyl (C=O) groups excluding carboxylic acids is 3. The van der Waals surface area contributed by atoms with Gasteiger partial charge in [0, 0.05) is 0 Å². The molecule has 0 radical (unpaired) electrons. The van der Waals surface area contributed by atoms with Crippen molar-refractivity contribution >= 4 is 18.0 Å². The molecule has 0 bridgehead atoms. The van der Waals surface area contributed by atoms with Gasteiger partial charge < -0.3 is 14.2 Å². The minimum absolute atomic E-state index is 0.0402. The molecule has 0 saturated heterocycles. The fourth-order valence-corrected chi connectivity index (χ4v) is 1.44.